The average molecular weight is 398 g/mol. The first-order valence-corrected chi connectivity index (χ1v) is 9.35. The van der Waals surface area contributed by atoms with E-state index in [-0.39, 0.29) is 17.0 Å². The minimum absolute atomic E-state index is 0.177. The third-order valence-electron chi connectivity index (χ3n) is 3.79. The van der Waals surface area contributed by atoms with Crippen molar-refractivity contribution in [3.8, 4) is 11.8 Å². The average Bonchev–Trinajstić information content (AvgIpc) is 2.98. The second-order valence-corrected chi connectivity index (χ2v) is 7.04. The quantitative estimate of drug-likeness (QED) is 0.556. The van der Waals surface area contributed by atoms with Crippen LogP contribution in [0.15, 0.2) is 48.5 Å². The molecule has 0 radical (unpaired) electrons. The van der Waals surface area contributed by atoms with E-state index < -0.39 is 0 Å². The Kier molecular flexibility index (Phi) is 5.65. The summed E-state index contributed by atoms with van der Waals surface area (Å²) < 4.78 is 5.42. The van der Waals surface area contributed by atoms with Crippen molar-refractivity contribution >= 4 is 45.1 Å². The first-order chi connectivity index (χ1) is 13.0. The molecule has 3 rings (SSSR count). The van der Waals surface area contributed by atoms with Crippen molar-refractivity contribution in [3.63, 3.8) is 0 Å². The van der Waals surface area contributed by atoms with Crippen molar-refractivity contribution in [2.24, 2.45) is 0 Å². The van der Waals surface area contributed by atoms with Crippen LogP contribution in [0.4, 0.5) is 16.4 Å². The Balaban J connectivity index is 1.90. The molecule has 2 aromatic carbocycles. The molecule has 7 heteroatoms. The minimum atomic E-state index is -0.245. The minimum Gasteiger partial charge on any atom is -0.494 e. The van der Waals surface area contributed by atoms with E-state index in [1.807, 2.05) is 31.2 Å². The number of ether oxygens (including phenoxy) is 1. The highest BCUT2D eigenvalue weighted by Crippen LogP contribution is 2.38. The number of nitrogen functional groups attached to an aromatic ring is 1. The number of nitriles is 1. The van der Waals surface area contributed by atoms with Crippen LogP contribution in [0.3, 0.4) is 0 Å². The highest BCUT2D eigenvalue weighted by Gasteiger charge is 2.22. The van der Waals surface area contributed by atoms with E-state index in [0.29, 0.717) is 27.1 Å². The molecule has 0 atom stereocenters. The molecule has 27 heavy (non-hydrogen) atoms. The molecule has 3 N–H and O–H groups in total. The van der Waals surface area contributed by atoms with Crippen LogP contribution in [0, 0.1) is 11.3 Å². The number of rotatable bonds is 6. The molecular formula is C20H16ClN3O2S. The summed E-state index contributed by atoms with van der Waals surface area (Å²) in [6.07, 6.45) is 0. The number of nitrogens with zero attached hydrogens (tertiary/aromatic N) is 1. The number of carbonyl (C=O) groups excluding carboxylic acids is 1. The van der Waals surface area contributed by atoms with Gasteiger partial charge in [-0.25, -0.2) is 0 Å². The summed E-state index contributed by atoms with van der Waals surface area (Å²) in [5.74, 6) is 0.512. The maximum Gasteiger partial charge on any atom is 0.205 e. The molecule has 0 saturated carbocycles. The van der Waals surface area contributed by atoms with Crippen LogP contribution in [0.2, 0.25) is 5.02 Å². The normalized spacial score (nSPS) is 10.3. The maximum absolute atomic E-state index is 12.8. The van der Waals surface area contributed by atoms with Crippen molar-refractivity contribution in [2.45, 2.75) is 6.92 Å². The summed E-state index contributed by atoms with van der Waals surface area (Å²) >= 11 is 7.03. The monoisotopic (exact) mass is 397 g/mol. The van der Waals surface area contributed by atoms with Crippen LogP contribution < -0.4 is 15.8 Å². The SMILES string of the molecule is CCOc1ccc(Nc2sc(C(=O)c3ccc(Cl)cc3)c(N)c2C#N)cc1. The highest BCUT2D eigenvalue weighted by atomic mass is 35.5. The molecule has 0 fully saturated rings. The summed E-state index contributed by atoms with van der Waals surface area (Å²) in [6, 6.07) is 16.0. The van der Waals surface area contributed by atoms with Crippen molar-refractivity contribution in [2.75, 3.05) is 17.7 Å². The molecule has 0 aliphatic rings. The maximum atomic E-state index is 12.8. The van der Waals surface area contributed by atoms with Crippen molar-refractivity contribution in [1.29, 1.82) is 5.26 Å². The Morgan fingerprint density at radius 3 is 2.48 bits per heavy atom. The second-order valence-electron chi connectivity index (χ2n) is 5.58. The van der Waals surface area contributed by atoms with Gasteiger partial charge in [0.15, 0.2) is 0 Å². The van der Waals surface area contributed by atoms with Crippen molar-refractivity contribution < 1.29 is 9.53 Å². The van der Waals surface area contributed by atoms with E-state index in [0.717, 1.165) is 22.8 Å². The molecule has 1 aromatic heterocycles. The van der Waals surface area contributed by atoms with Gasteiger partial charge in [0, 0.05) is 16.3 Å². The van der Waals surface area contributed by atoms with E-state index in [1.165, 1.54) is 0 Å². The lowest BCUT2D eigenvalue weighted by atomic mass is 10.1. The van der Waals surface area contributed by atoms with Crippen LogP contribution >= 0.6 is 22.9 Å². The molecule has 3 aromatic rings. The number of halogens is 1. The number of carbonyl (C=O) groups is 1. The van der Waals surface area contributed by atoms with Gasteiger partial charge < -0.3 is 15.8 Å². The zero-order valence-electron chi connectivity index (χ0n) is 14.5. The van der Waals surface area contributed by atoms with Gasteiger partial charge in [-0.05, 0) is 55.5 Å². The first-order valence-electron chi connectivity index (χ1n) is 8.16. The fourth-order valence-corrected chi connectivity index (χ4v) is 3.66. The molecule has 0 unspecified atom stereocenters. The van der Waals surface area contributed by atoms with Crippen molar-refractivity contribution in [1.82, 2.24) is 0 Å². The third-order valence-corrected chi connectivity index (χ3v) is 5.16. The van der Waals surface area contributed by atoms with Crippen LogP contribution in [-0.4, -0.2) is 12.4 Å². The highest BCUT2D eigenvalue weighted by molar-refractivity contribution is 7.19. The zero-order valence-corrected chi connectivity index (χ0v) is 16.0. The van der Waals surface area contributed by atoms with Gasteiger partial charge in [-0.1, -0.05) is 11.6 Å². The van der Waals surface area contributed by atoms with Crippen molar-refractivity contribution in [3.05, 3.63) is 69.6 Å². The fourth-order valence-electron chi connectivity index (χ4n) is 2.48. The van der Waals surface area contributed by atoms with Gasteiger partial charge in [-0.15, -0.1) is 11.3 Å². The summed E-state index contributed by atoms with van der Waals surface area (Å²) in [5.41, 5.74) is 7.74. The molecule has 0 amide bonds. The molecule has 136 valence electrons. The molecule has 0 bridgehead atoms. The molecular weight excluding hydrogens is 382 g/mol. The number of hydrogen-bond donors (Lipinski definition) is 2. The lowest BCUT2D eigenvalue weighted by Crippen LogP contribution is -2.02. The standard InChI is InChI=1S/C20H16ClN3O2S/c1-2-26-15-9-7-14(8-10-15)24-20-16(11-22)17(23)19(27-20)18(25)12-3-5-13(21)6-4-12/h3-10,24H,2,23H2,1H3. The van der Waals surface area contributed by atoms with Gasteiger partial charge >= 0.3 is 0 Å². The number of ketones is 1. The van der Waals surface area contributed by atoms with Crippen LogP contribution in [0.25, 0.3) is 0 Å². The lowest BCUT2D eigenvalue weighted by molar-refractivity contribution is 0.104. The Hall–Kier alpha value is -3.01. The lowest BCUT2D eigenvalue weighted by Gasteiger charge is -2.06. The molecule has 0 saturated heterocycles. The topological polar surface area (TPSA) is 88.1 Å². The van der Waals surface area contributed by atoms with E-state index in [4.69, 9.17) is 22.1 Å². The summed E-state index contributed by atoms with van der Waals surface area (Å²) in [4.78, 5) is 13.1. The van der Waals surface area contributed by atoms with E-state index >= 15 is 0 Å². The van der Waals surface area contributed by atoms with Gasteiger partial charge in [0.25, 0.3) is 0 Å². The van der Waals surface area contributed by atoms with Crippen LogP contribution in [0.5, 0.6) is 5.75 Å². The number of thiophene rings is 1. The molecule has 0 spiro atoms. The number of nitrogens with one attached hydrogen (secondary N) is 1. The summed E-state index contributed by atoms with van der Waals surface area (Å²) in [7, 11) is 0. The van der Waals surface area contributed by atoms with E-state index in [1.54, 1.807) is 24.3 Å². The predicted molar refractivity (Wildman–Crippen MR) is 109 cm³/mol. The van der Waals surface area contributed by atoms with Gasteiger partial charge in [0.05, 0.1) is 12.3 Å². The molecule has 0 aliphatic carbocycles. The predicted octanol–water partition coefficient (Wildman–Crippen LogP) is 5.23. The number of nitrogens with two attached hydrogens (primary N) is 1. The van der Waals surface area contributed by atoms with Crippen LogP contribution in [0.1, 0.15) is 27.7 Å². The smallest absolute Gasteiger partial charge is 0.205 e. The van der Waals surface area contributed by atoms with Gasteiger partial charge in [-0.3, -0.25) is 4.79 Å². The molecule has 0 aliphatic heterocycles. The Morgan fingerprint density at radius 2 is 1.89 bits per heavy atom. The Morgan fingerprint density at radius 1 is 1.22 bits per heavy atom. The number of benzene rings is 2. The van der Waals surface area contributed by atoms with E-state index in [9.17, 15) is 10.1 Å². The largest absolute Gasteiger partial charge is 0.494 e. The zero-order chi connectivity index (χ0) is 19.4. The van der Waals surface area contributed by atoms with Gasteiger partial charge in [0.2, 0.25) is 5.78 Å². The Labute approximate surface area is 166 Å². The van der Waals surface area contributed by atoms with Gasteiger partial charge in [-0.2, -0.15) is 5.26 Å². The first kappa shape index (κ1) is 18.8. The van der Waals surface area contributed by atoms with Gasteiger partial charge in [0.1, 0.15) is 27.3 Å². The Bertz CT molecular complexity index is 1010. The number of anilines is 3. The fraction of sp³-hybridized carbons (Fsp3) is 0.100. The molecule has 1 heterocycles. The van der Waals surface area contributed by atoms with E-state index in [2.05, 4.69) is 11.4 Å². The number of hydrogen-bond acceptors (Lipinski definition) is 6. The second kappa shape index (κ2) is 8.12. The van der Waals surface area contributed by atoms with Crippen LogP contribution in [-0.2, 0) is 0 Å². The molecule has 5 nitrogen and oxygen atoms in total. The summed E-state index contributed by atoms with van der Waals surface area (Å²) in [5, 5.41) is 13.7. The summed E-state index contributed by atoms with van der Waals surface area (Å²) in [6.45, 7) is 2.50. The third kappa shape index (κ3) is 4.05.